The Balaban J connectivity index is 1.89. The molecule has 2 heterocycles. The van der Waals surface area contributed by atoms with E-state index in [9.17, 15) is 10.1 Å². The Bertz CT molecular complexity index is 392. The average Bonchev–Trinajstić information content (AvgIpc) is 2.74. The van der Waals surface area contributed by atoms with Crippen LogP contribution in [0.1, 0.15) is 12.8 Å². The molecule has 94 valence electrons. The van der Waals surface area contributed by atoms with Gasteiger partial charge in [0.2, 0.25) is 0 Å². The van der Waals surface area contributed by atoms with Crippen molar-refractivity contribution < 1.29 is 4.92 Å². The van der Waals surface area contributed by atoms with Gasteiger partial charge in [-0.15, -0.1) is 5.10 Å². The van der Waals surface area contributed by atoms with E-state index >= 15 is 0 Å². The molecule has 2 rings (SSSR count). The minimum atomic E-state index is -0.456. The lowest BCUT2D eigenvalue weighted by Crippen LogP contribution is -2.35. The third-order valence-corrected chi connectivity index (χ3v) is 3.11. The molecule has 1 aliphatic rings. The molecule has 1 aromatic rings. The third kappa shape index (κ3) is 2.94. The average molecular weight is 239 g/mol. The van der Waals surface area contributed by atoms with Crippen LogP contribution in [0.15, 0.2) is 6.20 Å². The summed E-state index contributed by atoms with van der Waals surface area (Å²) in [7, 11) is 2.10. The van der Waals surface area contributed by atoms with Crippen LogP contribution in [0.2, 0.25) is 0 Å². The van der Waals surface area contributed by atoms with Gasteiger partial charge in [-0.05, 0) is 37.3 Å². The van der Waals surface area contributed by atoms with Crippen molar-refractivity contribution in [3.05, 3.63) is 16.3 Å². The number of nitrogens with zero attached hydrogens (tertiary/aromatic N) is 3. The molecule has 17 heavy (non-hydrogen) atoms. The predicted octanol–water partition coefficient (Wildman–Crippen LogP) is 1.07. The number of anilines is 1. The maximum Gasteiger partial charge on any atom is 0.366 e. The van der Waals surface area contributed by atoms with Gasteiger partial charge in [0, 0.05) is 13.1 Å². The number of piperidine rings is 1. The molecule has 0 saturated carbocycles. The van der Waals surface area contributed by atoms with Crippen LogP contribution in [-0.2, 0) is 0 Å². The second-order valence-electron chi connectivity index (χ2n) is 4.54. The molecular formula is C10H17N5O2. The van der Waals surface area contributed by atoms with E-state index < -0.39 is 4.92 Å². The maximum atomic E-state index is 10.7. The second kappa shape index (κ2) is 5.13. The van der Waals surface area contributed by atoms with E-state index in [1.165, 1.54) is 19.0 Å². The summed E-state index contributed by atoms with van der Waals surface area (Å²) in [4.78, 5) is 12.5. The van der Waals surface area contributed by atoms with Gasteiger partial charge in [-0.3, -0.25) is 0 Å². The Hall–Kier alpha value is -1.63. The molecule has 0 aliphatic carbocycles. The smallest absolute Gasteiger partial charge is 0.366 e. The van der Waals surface area contributed by atoms with E-state index in [1.54, 1.807) is 0 Å². The number of rotatable bonds is 4. The summed E-state index contributed by atoms with van der Waals surface area (Å²) in [5.74, 6) is 0.484. The molecule has 1 atom stereocenters. The maximum absolute atomic E-state index is 10.7. The van der Waals surface area contributed by atoms with Crippen molar-refractivity contribution >= 4 is 11.5 Å². The summed E-state index contributed by atoms with van der Waals surface area (Å²) in [6, 6.07) is 0. The van der Waals surface area contributed by atoms with Crippen LogP contribution in [0, 0.1) is 16.0 Å². The molecule has 7 nitrogen and oxygen atoms in total. The van der Waals surface area contributed by atoms with Crippen LogP contribution in [0.25, 0.3) is 0 Å². The van der Waals surface area contributed by atoms with Gasteiger partial charge >= 0.3 is 5.82 Å². The summed E-state index contributed by atoms with van der Waals surface area (Å²) in [6.07, 6.45) is 3.82. The molecule has 1 saturated heterocycles. The number of nitrogens with one attached hydrogen (secondary N) is 2. The van der Waals surface area contributed by atoms with Gasteiger partial charge in [-0.2, -0.15) is 0 Å². The van der Waals surface area contributed by atoms with Gasteiger partial charge in [0.05, 0.1) is 0 Å². The molecule has 1 aromatic heterocycles. The molecule has 7 heteroatoms. The zero-order chi connectivity index (χ0) is 12.3. The van der Waals surface area contributed by atoms with E-state index in [-0.39, 0.29) is 5.82 Å². The SMILES string of the molecule is CN1CCCC(CNc2cn[nH]c2[N+](=O)[O-])C1. The highest BCUT2D eigenvalue weighted by Gasteiger charge is 2.19. The van der Waals surface area contributed by atoms with Crippen LogP contribution in [-0.4, -0.2) is 46.7 Å². The Kier molecular flexibility index (Phi) is 3.58. The summed E-state index contributed by atoms with van der Waals surface area (Å²) < 4.78 is 0. The van der Waals surface area contributed by atoms with Crippen LogP contribution in [0.5, 0.6) is 0 Å². The highest BCUT2D eigenvalue weighted by molar-refractivity contribution is 5.55. The highest BCUT2D eigenvalue weighted by atomic mass is 16.6. The minimum absolute atomic E-state index is 0.0610. The first-order valence-electron chi connectivity index (χ1n) is 5.77. The van der Waals surface area contributed by atoms with Gasteiger partial charge in [0.15, 0.2) is 5.69 Å². The fourth-order valence-corrected chi connectivity index (χ4v) is 2.24. The molecule has 1 fully saturated rings. The summed E-state index contributed by atoms with van der Waals surface area (Å²) >= 11 is 0. The van der Waals surface area contributed by atoms with Crippen molar-refractivity contribution in [2.24, 2.45) is 5.92 Å². The summed E-state index contributed by atoms with van der Waals surface area (Å²) in [5, 5.41) is 19.8. The van der Waals surface area contributed by atoms with Gasteiger partial charge in [-0.1, -0.05) is 5.10 Å². The quantitative estimate of drug-likeness (QED) is 0.606. The van der Waals surface area contributed by atoms with E-state index in [0.29, 0.717) is 11.6 Å². The zero-order valence-corrected chi connectivity index (χ0v) is 9.85. The molecular weight excluding hydrogens is 222 g/mol. The van der Waals surface area contributed by atoms with Gasteiger partial charge < -0.3 is 20.3 Å². The molecule has 1 unspecified atom stereocenters. The Labute approximate surface area is 99.3 Å². The van der Waals surface area contributed by atoms with E-state index in [1.807, 2.05) is 0 Å². The van der Waals surface area contributed by atoms with Gasteiger partial charge in [0.25, 0.3) is 0 Å². The van der Waals surface area contributed by atoms with E-state index in [4.69, 9.17) is 0 Å². The Morgan fingerprint density at radius 3 is 3.29 bits per heavy atom. The number of aromatic amines is 1. The van der Waals surface area contributed by atoms with Crippen molar-refractivity contribution in [1.29, 1.82) is 0 Å². The number of nitro groups is 1. The van der Waals surface area contributed by atoms with Crippen molar-refractivity contribution in [3.63, 3.8) is 0 Å². The number of hydrogen-bond donors (Lipinski definition) is 2. The summed E-state index contributed by atoms with van der Waals surface area (Å²) in [6.45, 7) is 2.94. The van der Waals surface area contributed by atoms with Crippen molar-refractivity contribution in [1.82, 2.24) is 15.1 Å². The van der Waals surface area contributed by atoms with Crippen molar-refractivity contribution in [2.45, 2.75) is 12.8 Å². The fraction of sp³-hybridized carbons (Fsp3) is 0.700. The molecule has 0 radical (unpaired) electrons. The van der Waals surface area contributed by atoms with Gasteiger partial charge in [-0.25, -0.2) is 0 Å². The molecule has 2 N–H and O–H groups in total. The van der Waals surface area contributed by atoms with E-state index in [2.05, 4.69) is 27.5 Å². The first-order valence-corrected chi connectivity index (χ1v) is 5.77. The number of aromatic nitrogens is 2. The molecule has 0 bridgehead atoms. The van der Waals surface area contributed by atoms with E-state index in [0.717, 1.165) is 19.6 Å². The predicted molar refractivity (Wildman–Crippen MR) is 64.0 cm³/mol. The first kappa shape index (κ1) is 11.8. The Morgan fingerprint density at radius 1 is 1.76 bits per heavy atom. The number of H-pyrrole nitrogens is 1. The van der Waals surface area contributed by atoms with Crippen molar-refractivity contribution in [2.75, 3.05) is 32.0 Å². The molecule has 0 spiro atoms. The molecule has 0 aromatic carbocycles. The highest BCUT2D eigenvalue weighted by Crippen LogP contribution is 2.21. The third-order valence-electron chi connectivity index (χ3n) is 3.11. The van der Waals surface area contributed by atoms with Gasteiger partial charge in [0.1, 0.15) is 6.20 Å². The largest absolute Gasteiger partial charge is 0.377 e. The van der Waals surface area contributed by atoms with Crippen LogP contribution < -0.4 is 5.32 Å². The monoisotopic (exact) mass is 239 g/mol. The van der Waals surface area contributed by atoms with Crippen molar-refractivity contribution in [3.8, 4) is 0 Å². The van der Waals surface area contributed by atoms with Crippen LogP contribution in [0.4, 0.5) is 11.5 Å². The lowest BCUT2D eigenvalue weighted by atomic mass is 9.98. The lowest BCUT2D eigenvalue weighted by molar-refractivity contribution is -0.388. The zero-order valence-electron chi connectivity index (χ0n) is 9.85. The molecule has 0 amide bonds. The number of likely N-dealkylation sites (tertiary alicyclic amines) is 1. The summed E-state index contributed by atoms with van der Waals surface area (Å²) in [5.41, 5.74) is 0.475. The minimum Gasteiger partial charge on any atom is -0.377 e. The Morgan fingerprint density at radius 2 is 2.59 bits per heavy atom. The first-order chi connectivity index (χ1) is 8.16. The second-order valence-corrected chi connectivity index (χ2v) is 4.54. The topological polar surface area (TPSA) is 87.1 Å². The number of hydrogen-bond acceptors (Lipinski definition) is 5. The normalized spacial score (nSPS) is 21.4. The lowest BCUT2D eigenvalue weighted by Gasteiger charge is -2.29. The van der Waals surface area contributed by atoms with Crippen LogP contribution >= 0.6 is 0 Å². The fourth-order valence-electron chi connectivity index (χ4n) is 2.24. The standard InChI is InChI=1S/C10H17N5O2/c1-14-4-2-3-8(7-14)5-11-9-6-12-13-10(9)15(16)17/h6,8,11H,2-5,7H2,1H3,(H,12,13). The molecule has 1 aliphatic heterocycles. The van der Waals surface area contributed by atoms with Crippen LogP contribution in [0.3, 0.4) is 0 Å².